The molecule has 0 saturated carbocycles. The largest absolute Gasteiger partial charge is 0.378 e. The van der Waals surface area contributed by atoms with Crippen molar-refractivity contribution < 1.29 is 9.53 Å². The van der Waals surface area contributed by atoms with Gasteiger partial charge in [-0.1, -0.05) is 30.3 Å². The van der Waals surface area contributed by atoms with Crippen LogP contribution in [0.5, 0.6) is 0 Å². The number of hydrogen-bond donors (Lipinski definition) is 1. The lowest BCUT2D eigenvalue weighted by atomic mass is 9.97. The van der Waals surface area contributed by atoms with Gasteiger partial charge >= 0.3 is 0 Å². The minimum atomic E-state index is 0.149. The van der Waals surface area contributed by atoms with E-state index < -0.39 is 0 Å². The Bertz CT molecular complexity index is 485. The van der Waals surface area contributed by atoms with Crippen molar-refractivity contribution in [2.24, 2.45) is 5.92 Å². The maximum absolute atomic E-state index is 12.0. The van der Waals surface area contributed by atoms with Crippen molar-refractivity contribution in [3.63, 3.8) is 0 Å². The van der Waals surface area contributed by atoms with Crippen LogP contribution in [0, 0.1) is 5.92 Å². The van der Waals surface area contributed by atoms with Gasteiger partial charge in [0.25, 0.3) is 0 Å². The molecule has 3 rings (SSSR count). The highest BCUT2D eigenvalue weighted by atomic mass is 16.5. The topological polar surface area (TPSA) is 41.6 Å². The van der Waals surface area contributed by atoms with Crippen LogP contribution in [0.25, 0.3) is 0 Å². The van der Waals surface area contributed by atoms with Gasteiger partial charge in [-0.05, 0) is 43.7 Å². The Labute approximate surface area is 139 Å². The summed E-state index contributed by atoms with van der Waals surface area (Å²) in [5.74, 6) is 0.720. The number of nitrogens with zero attached hydrogens (tertiary/aromatic N) is 1. The summed E-state index contributed by atoms with van der Waals surface area (Å²) in [7, 11) is 0. The molecule has 4 nitrogen and oxygen atoms in total. The van der Waals surface area contributed by atoms with Crippen LogP contribution < -0.4 is 5.32 Å². The maximum atomic E-state index is 12.0. The molecule has 0 aromatic heterocycles. The molecule has 0 aliphatic carbocycles. The quantitative estimate of drug-likeness (QED) is 0.877. The third-order valence-electron chi connectivity index (χ3n) is 4.88. The SMILES string of the molecule is O=C(CC1CCCO1)NCC1CCCN(Cc2ccccc2)C1. The van der Waals surface area contributed by atoms with Crippen molar-refractivity contribution in [3.05, 3.63) is 35.9 Å². The number of amides is 1. The Morgan fingerprint density at radius 3 is 2.87 bits per heavy atom. The smallest absolute Gasteiger partial charge is 0.222 e. The molecule has 0 radical (unpaired) electrons. The normalized spacial score (nSPS) is 25.4. The van der Waals surface area contributed by atoms with Gasteiger partial charge in [0.05, 0.1) is 12.5 Å². The van der Waals surface area contributed by atoms with Crippen molar-refractivity contribution >= 4 is 5.91 Å². The molecule has 2 atom stereocenters. The van der Waals surface area contributed by atoms with Crippen LogP contribution in [0.1, 0.15) is 37.7 Å². The first-order valence-electron chi connectivity index (χ1n) is 8.94. The Morgan fingerprint density at radius 1 is 1.22 bits per heavy atom. The van der Waals surface area contributed by atoms with E-state index in [9.17, 15) is 4.79 Å². The van der Waals surface area contributed by atoms with E-state index in [-0.39, 0.29) is 12.0 Å². The van der Waals surface area contributed by atoms with E-state index in [1.165, 1.54) is 18.4 Å². The molecule has 2 heterocycles. The molecule has 2 saturated heterocycles. The average molecular weight is 316 g/mol. The van der Waals surface area contributed by atoms with Gasteiger partial charge < -0.3 is 10.1 Å². The molecule has 2 aliphatic heterocycles. The van der Waals surface area contributed by atoms with Gasteiger partial charge in [-0.15, -0.1) is 0 Å². The van der Waals surface area contributed by atoms with Crippen molar-refractivity contribution in [3.8, 4) is 0 Å². The summed E-state index contributed by atoms with van der Waals surface area (Å²) in [6.45, 7) is 4.87. The van der Waals surface area contributed by atoms with Gasteiger partial charge in [-0.3, -0.25) is 9.69 Å². The first kappa shape index (κ1) is 16.5. The van der Waals surface area contributed by atoms with Gasteiger partial charge in [-0.25, -0.2) is 0 Å². The summed E-state index contributed by atoms with van der Waals surface area (Å²) in [5.41, 5.74) is 1.37. The highest BCUT2D eigenvalue weighted by Crippen LogP contribution is 2.19. The van der Waals surface area contributed by atoms with Gasteiger partial charge in [0.1, 0.15) is 0 Å². The fraction of sp³-hybridized carbons (Fsp3) is 0.632. The van der Waals surface area contributed by atoms with Gasteiger partial charge in [0.2, 0.25) is 5.91 Å². The second-order valence-electron chi connectivity index (χ2n) is 6.87. The molecule has 23 heavy (non-hydrogen) atoms. The molecular weight excluding hydrogens is 288 g/mol. The second-order valence-corrected chi connectivity index (χ2v) is 6.87. The summed E-state index contributed by atoms with van der Waals surface area (Å²) in [5, 5.41) is 3.12. The van der Waals surface area contributed by atoms with Gasteiger partial charge in [0.15, 0.2) is 0 Å². The molecule has 1 aromatic rings. The Kier molecular flexibility index (Phi) is 6.06. The van der Waals surface area contributed by atoms with Crippen LogP contribution >= 0.6 is 0 Å². The van der Waals surface area contributed by atoms with E-state index in [4.69, 9.17) is 4.74 Å². The molecule has 1 amide bonds. The van der Waals surface area contributed by atoms with Crippen molar-refractivity contribution in [2.45, 2.75) is 44.8 Å². The number of benzene rings is 1. The van der Waals surface area contributed by atoms with Gasteiger partial charge in [0, 0.05) is 26.2 Å². The molecule has 1 aromatic carbocycles. The van der Waals surface area contributed by atoms with E-state index in [0.717, 1.165) is 45.6 Å². The minimum Gasteiger partial charge on any atom is -0.378 e. The van der Waals surface area contributed by atoms with Crippen molar-refractivity contribution in [1.82, 2.24) is 10.2 Å². The van der Waals surface area contributed by atoms with Crippen molar-refractivity contribution in [2.75, 3.05) is 26.2 Å². The summed E-state index contributed by atoms with van der Waals surface area (Å²) in [6.07, 6.45) is 5.23. The van der Waals surface area contributed by atoms with E-state index in [1.54, 1.807) is 0 Å². The highest BCUT2D eigenvalue weighted by molar-refractivity contribution is 5.76. The third kappa shape index (κ3) is 5.33. The first-order chi connectivity index (χ1) is 11.3. The number of rotatable bonds is 6. The molecule has 2 unspecified atom stereocenters. The molecule has 2 aliphatic rings. The van der Waals surface area contributed by atoms with Gasteiger partial charge in [-0.2, -0.15) is 0 Å². The van der Waals surface area contributed by atoms with Crippen LogP contribution in [0.4, 0.5) is 0 Å². The van der Waals surface area contributed by atoms with E-state index >= 15 is 0 Å². The molecule has 2 fully saturated rings. The predicted molar refractivity (Wildman–Crippen MR) is 91.0 cm³/mol. The number of likely N-dealkylation sites (tertiary alicyclic amines) is 1. The Balaban J connectivity index is 1.39. The highest BCUT2D eigenvalue weighted by Gasteiger charge is 2.22. The van der Waals surface area contributed by atoms with E-state index in [1.807, 2.05) is 0 Å². The number of carbonyl (C=O) groups excluding carboxylic acids is 1. The van der Waals surface area contributed by atoms with Crippen LogP contribution in [0.15, 0.2) is 30.3 Å². The fourth-order valence-electron chi connectivity index (χ4n) is 3.65. The Hall–Kier alpha value is -1.39. The summed E-state index contributed by atoms with van der Waals surface area (Å²) < 4.78 is 5.53. The molecule has 4 heteroatoms. The molecule has 0 spiro atoms. The fourth-order valence-corrected chi connectivity index (χ4v) is 3.65. The average Bonchev–Trinajstić information content (AvgIpc) is 3.07. The van der Waals surface area contributed by atoms with Crippen LogP contribution in [0.3, 0.4) is 0 Å². The van der Waals surface area contributed by atoms with E-state index in [0.29, 0.717) is 12.3 Å². The number of nitrogens with one attached hydrogen (secondary N) is 1. The lowest BCUT2D eigenvalue weighted by molar-refractivity contribution is -0.123. The monoisotopic (exact) mass is 316 g/mol. The first-order valence-corrected chi connectivity index (χ1v) is 8.94. The number of piperidine rings is 1. The lowest BCUT2D eigenvalue weighted by Gasteiger charge is -2.33. The maximum Gasteiger partial charge on any atom is 0.222 e. The number of ether oxygens (including phenoxy) is 1. The van der Waals surface area contributed by atoms with Crippen LogP contribution in [-0.2, 0) is 16.1 Å². The van der Waals surface area contributed by atoms with E-state index in [2.05, 4.69) is 40.5 Å². The zero-order valence-electron chi connectivity index (χ0n) is 13.9. The summed E-state index contributed by atoms with van der Waals surface area (Å²) in [6, 6.07) is 10.6. The predicted octanol–water partition coefficient (Wildman–Crippen LogP) is 2.58. The zero-order valence-corrected chi connectivity index (χ0v) is 13.9. The molecule has 1 N–H and O–H groups in total. The Morgan fingerprint density at radius 2 is 2.09 bits per heavy atom. The number of carbonyl (C=O) groups is 1. The summed E-state index contributed by atoms with van der Waals surface area (Å²) >= 11 is 0. The molecular formula is C19H28N2O2. The minimum absolute atomic E-state index is 0.149. The van der Waals surface area contributed by atoms with Crippen LogP contribution in [0.2, 0.25) is 0 Å². The van der Waals surface area contributed by atoms with Crippen LogP contribution in [-0.4, -0.2) is 43.2 Å². The third-order valence-corrected chi connectivity index (χ3v) is 4.88. The van der Waals surface area contributed by atoms with Crippen molar-refractivity contribution in [1.29, 1.82) is 0 Å². The number of hydrogen-bond acceptors (Lipinski definition) is 3. The summed E-state index contributed by atoms with van der Waals surface area (Å²) in [4.78, 5) is 14.5. The molecule has 0 bridgehead atoms. The standard InChI is InChI=1S/C19H28N2O2/c22-19(12-18-9-5-11-23-18)20-13-17-8-4-10-21(15-17)14-16-6-2-1-3-7-16/h1-3,6-7,17-18H,4-5,8-15H2,(H,20,22). The molecule has 126 valence electrons. The second kappa shape index (κ2) is 8.46. The zero-order chi connectivity index (χ0) is 15.9. The lowest BCUT2D eigenvalue weighted by Crippen LogP contribution is -2.41.